The first-order valence-electron chi connectivity index (χ1n) is 10.1. The Labute approximate surface area is 171 Å². The number of carbonyl (C=O) groups is 1. The smallest absolute Gasteiger partial charge is 0.254 e. The summed E-state index contributed by atoms with van der Waals surface area (Å²) in [6.07, 6.45) is 0. The van der Waals surface area contributed by atoms with Gasteiger partial charge in [0, 0.05) is 31.7 Å². The van der Waals surface area contributed by atoms with Gasteiger partial charge in [-0.1, -0.05) is 12.1 Å². The minimum Gasteiger partial charge on any atom is -0.492 e. The van der Waals surface area contributed by atoms with Gasteiger partial charge in [-0.3, -0.25) is 4.79 Å². The molecule has 3 aromatic rings. The Kier molecular flexibility index (Phi) is 5.34. The highest BCUT2D eigenvalue weighted by Gasteiger charge is 2.24. The van der Waals surface area contributed by atoms with Crippen LogP contribution < -0.4 is 9.64 Å². The fourth-order valence-electron chi connectivity index (χ4n) is 3.69. The van der Waals surface area contributed by atoms with Crippen LogP contribution in [0.15, 0.2) is 42.5 Å². The van der Waals surface area contributed by atoms with E-state index in [1.165, 1.54) is 0 Å². The van der Waals surface area contributed by atoms with Gasteiger partial charge < -0.3 is 14.5 Å². The molecule has 1 amide bonds. The molecular weight excluding hydrogens is 364 g/mol. The minimum atomic E-state index is 0.0460. The molecule has 6 heteroatoms. The Balaban J connectivity index is 1.48. The highest BCUT2D eigenvalue weighted by molar-refractivity contribution is 5.97. The number of hydrogen-bond donors (Lipinski definition) is 0. The molecule has 1 aliphatic heterocycles. The molecule has 1 aromatic heterocycles. The van der Waals surface area contributed by atoms with Gasteiger partial charge in [0.1, 0.15) is 5.75 Å². The number of amides is 1. The largest absolute Gasteiger partial charge is 0.492 e. The summed E-state index contributed by atoms with van der Waals surface area (Å²) in [4.78, 5) is 26.4. The maximum Gasteiger partial charge on any atom is 0.254 e. The zero-order chi connectivity index (χ0) is 20.4. The van der Waals surface area contributed by atoms with Crippen LogP contribution in [0.4, 0.5) is 5.69 Å². The molecule has 150 valence electrons. The lowest BCUT2D eigenvalue weighted by Gasteiger charge is -2.36. The van der Waals surface area contributed by atoms with E-state index >= 15 is 0 Å². The maximum atomic E-state index is 13.0. The second-order valence-electron chi connectivity index (χ2n) is 7.28. The molecule has 6 nitrogen and oxygen atoms in total. The van der Waals surface area contributed by atoms with Crippen molar-refractivity contribution in [3.05, 3.63) is 59.4 Å². The molecule has 2 aromatic carbocycles. The van der Waals surface area contributed by atoms with E-state index in [-0.39, 0.29) is 5.91 Å². The van der Waals surface area contributed by atoms with Crippen molar-refractivity contribution in [1.29, 1.82) is 0 Å². The summed E-state index contributed by atoms with van der Waals surface area (Å²) in [6, 6.07) is 13.7. The summed E-state index contributed by atoms with van der Waals surface area (Å²) >= 11 is 0. The van der Waals surface area contributed by atoms with Crippen LogP contribution in [0, 0.1) is 13.8 Å². The topological polar surface area (TPSA) is 58.6 Å². The Morgan fingerprint density at radius 1 is 0.966 bits per heavy atom. The third kappa shape index (κ3) is 3.88. The fraction of sp³-hybridized carbons (Fsp3) is 0.348. The van der Waals surface area contributed by atoms with Crippen molar-refractivity contribution in [3.8, 4) is 5.75 Å². The van der Waals surface area contributed by atoms with E-state index in [9.17, 15) is 4.79 Å². The zero-order valence-corrected chi connectivity index (χ0v) is 17.2. The molecule has 4 rings (SSSR count). The number of piperazine rings is 1. The van der Waals surface area contributed by atoms with Crippen LogP contribution in [0.25, 0.3) is 11.0 Å². The Hall–Kier alpha value is -3.15. The van der Waals surface area contributed by atoms with Crippen molar-refractivity contribution in [2.75, 3.05) is 37.7 Å². The summed E-state index contributed by atoms with van der Waals surface area (Å²) < 4.78 is 5.76. The van der Waals surface area contributed by atoms with Gasteiger partial charge in [0.15, 0.2) is 0 Å². The number of ether oxygens (including phenoxy) is 1. The van der Waals surface area contributed by atoms with Gasteiger partial charge in [0.05, 0.1) is 34.7 Å². The number of hydrogen-bond acceptors (Lipinski definition) is 5. The summed E-state index contributed by atoms with van der Waals surface area (Å²) in [7, 11) is 0. The first-order chi connectivity index (χ1) is 14.1. The number of fused-ring (bicyclic) bond motifs is 1. The Morgan fingerprint density at radius 3 is 2.38 bits per heavy atom. The van der Waals surface area contributed by atoms with Crippen LogP contribution in [0.5, 0.6) is 5.75 Å². The number of aromatic nitrogens is 2. The Bertz CT molecular complexity index is 1040. The van der Waals surface area contributed by atoms with Crippen LogP contribution in [-0.2, 0) is 0 Å². The Morgan fingerprint density at radius 2 is 1.66 bits per heavy atom. The second kappa shape index (κ2) is 8.07. The first kappa shape index (κ1) is 19.2. The third-order valence-electron chi connectivity index (χ3n) is 5.39. The average molecular weight is 390 g/mol. The number of rotatable bonds is 4. The van der Waals surface area contributed by atoms with E-state index in [4.69, 9.17) is 4.74 Å². The van der Waals surface area contributed by atoms with Gasteiger partial charge in [-0.05, 0) is 51.1 Å². The standard InChI is InChI=1S/C23H26N4O2/c1-4-29-22-8-6-5-7-21(22)26-11-13-27(14-12-26)23(28)18-9-10-19-20(15-18)25-17(3)16(2)24-19/h5-10,15H,4,11-14H2,1-3H3. The molecule has 0 atom stereocenters. The molecule has 0 bridgehead atoms. The van der Waals surface area contributed by atoms with Crippen molar-refractivity contribution < 1.29 is 9.53 Å². The van der Waals surface area contributed by atoms with Crippen molar-refractivity contribution in [2.24, 2.45) is 0 Å². The molecule has 2 heterocycles. The molecule has 0 radical (unpaired) electrons. The normalized spacial score (nSPS) is 14.3. The zero-order valence-electron chi connectivity index (χ0n) is 17.2. The SMILES string of the molecule is CCOc1ccccc1N1CCN(C(=O)c2ccc3nc(C)c(C)nc3c2)CC1. The van der Waals surface area contributed by atoms with Crippen molar-refractivity contribution in [1.82, 2.24) is 14.9 Å². The summed E-state index contributed by atoms with van der Waals surface area (Å²) in [5.74, 6) is 0.943. The number of aryl methyl sites for hydroxylation is 2. The van der Waals surface area contributed by atoms with E-state index in [0.717, 1.165) is 46.9 Å². The van der Waals surface area contributed by atoms with Gasteiger partial charge in [-0.25, -0.2) is 9.97 Å². The fourth-order valence-corrected chi connectivity index (χ4v) is 3.69. The van der Waals surface area contributed by atoms with Crippen LogP contribution in [-0.4, -0.2) is 53.6 Å². The average Bonchev–Trinajstić information content (AvgIpc) is 2.74. The molecule has 0 spiro atoms. The van der Waals surface area contributed by atoms with Gasteiger partial charge in [-0.2, -0.15) is 0 Å². The number of nitrogens with zero attached hydrogens (tertiary/aromatic N) is 4. The first-order valence-corrected chi connectivity index (χ1v) is 10.1. The number of benzene rings is 2. The lowest BCUT2D eigenvalue weighted by molar-refractivity contribution is 0.0747. The van der Waals surface area contributed by atoms with Crippen molar-refractivity contribution in [3.63, 3.8) is 0 Å². The molecule has 0 unspecified atom stereocenters. The molecule has 0 saturated carbocycles. The van der Waals surface area contributed by atoms with Gasteiger partial charge in [0.2, 0.25) is 0 Å². The highest BCUT2D eigenvalue weighted by atomic mass is 16.5. The molecular formula is C23H26N4O2. The molecule has 0 N–H and O–H groups in total. The second-order valence-corrected chi connectivity index (χ2v) is 7.28. The monoisotopic (exact) mass is 390 g/mol. The van der Waals surface area contributed by atoms with E-state index in [1.54, 1.807) is 0 Å². The lowest BCUT2D eigenvalue weighted by atomic mass is 10.1. The molecule has 29 heavy (non-hydrogen) atoms. The number of anilines is 1. The van der Waals surface area contributed by atoms with Crippen LogP contribution in [0.3, 0.4) is 0 Å². The van der Waals surface area contributed by atoms with Crippen molar-refractivity contribution >= 4 is 22.6 Å². The lowest BCUT2D eigenvalue weighted by Crippen LogP contribution is -2.48. The summed E-state index contributed by atoms with van der Waals surface area (Å²) in [5, 5.41) is 0. The van der Waals surface area contributed by atoms with Gasteiger partial charge >= 0.3 is 0 Å². The predicted octanol–water partition coefficient (Wildman–Crippen LogP) is 3.61. The van der Waals surface area contributed by atoms with Crippen LogP contribution in [0.1, 0.15) is 28.7 Å². The predicted molar refractivity (Wildman–Crippen MR) is 115 cm³/mol. The van der Waals surface area contributed by atoms with E-state index < -0.39 is 0 Å². The quantitative estimate of drug-likeness (QED) is 0.681. The summed E-state index contributed by atoms with van der Waals surface area (Å²) in [6.45, 7) is 9.43. The van der Waals surface area contributed by atoms with Gasteiger partial charge in [-0.15, -0.1) is 0 Å². The number of para-hydroxylation sites is 2. The molecule has 1 saturated heterocycles. The van der Waals surface area contributed by atoms with Crippen LogP contribution in [0.2, 0.25) is 0 Å². The van der Waals surface area contributed by atoms with Gasteiger partial charge in [0.25, 0.3) is 5.91 Å². The number of carbonyl (C=O) groups excluding carboxylic acids is 1. The van der Waals surface area contributed by atoms with E-state index in [1.807, 2.05) is 62.1 Å². The molecule has 1 aliphatic rings. The molecule has 1 fully saturated rings. The third-order valence-corrected chi connectivity index (χ3v) is 5.39. The van der Waals surface area contributed by atoms with Crippen molar-refractivity contribution in [2.45, 2.75) is 20.8 Å². The minimum absolute atomic E-state index is 0.0460. The highest BCUT2D eigenvalue weighted by Crippen LogP contribution is 2.29. The maximum absolute atomic E-state index is 13.0. The van der Waals surface area contributed by atoms with E-state index in [2.05, 4.69) is 20.9 Å². The molecule has 0 aliphatic carbocycles. The van der Waals surface area contributed by atoms with E-state index in [0.29, 0.717) is 25.3 Å². The summed E-state index contributed by atoms with van der Waals surface area (Å²) in [5.41, 5.74) is 5.15. The van der Waals surface area contributed by atoms with Crippen LogP contribution >= 0.6 is 0 Å².